The number of amides is 2. The molecule has 2 N–H and O–H groups in total. The number of hydrogen-bond donors (Lipinski definition) is 2. The summed E-state index contributed by atoms with van der Waals surface area (Å²) >= 11 is 0. The molecule has 0 spiro atoms. The Labute approximate surface area is 245 Å². The highest BCUT2D eigenvalue weighted by molar-refractivity contribution is 7.92. The van der Waals surface area contributed by atoms with Gasteiger partial charge in [-0.2, -0.15) is 0 Å². The van der Waals surface area contributed by atoms with E-state index in [4.69, 9.17) is 9.47 Å². The molecule has 1 heterocycles. The van der Waals surface area contributed by atoms with Gasteiger partial charge in [0.2, 0.25) is 0 Å². The number of rotatable bonds is 10. The van der Waals surface area contributed by atoms with Crippen molar-refractivity contribution in [3.8, 4) is 11.5 Å². The SMILES string of the molecule is Cc1cccc(NS(=O)(=O)c2ccc(OCC(=O)N3C[C@@H](C(=O)NCCc4ccccc4)Oc4ccccc43)cc2)c1. The minimum Gasteiger partial charge on any atom is -0.484 e. The van der Waals surface area contributed by atoms with Crippen molar-refractivity contribution in [3.63, 3.8) is 0 Å². The largest absolute Gasteiger partial charge is 0.484 e. The van der Waals surface area contributed by atoms with Crippen LogP contribution in [-0.4, -0.2) is 46.0 Å². The van der Waals surface area contributed by atoms with Crippen molar-refractivity contribution in [1.82, 2.24) is 5.32 Å². The number of aryl methyl sites for hydroxylation is 1. The molecule has 42 heavy (non-hydrogen) atoms. The number of carbonyl (C=O) groups is 2. The molecule has 2 amide bonds. The average Bonchev–Trinajstić information content (AvgIpc) is 3.00. The van der Waals surface area contributed by atoms with Crippen LogP contribution >= 0.6 is 0 Å². The summed E-state index contributed by atoms with van der Waals surface area (Å²) in [6.45, 7) is 2.03. The highest BCUT2D eigenvalue weighted by Gasteiger charge is 2.33. The van der Waals surface area contributed by atoms with Crippen molar-refractivity contribution >= 4 is 33.2 Å². The van der Waals surface area contributed by atoms with Crippen LogP contribution in [0.2, 0.25) is 0 Å². The summed E-state index contributed by atoms with van der Waals surface area (Å²) < 4.78 is 39.7. The number of anilines is 2. The molecule has 0 unspecified atom stereocenters. The Morgan fingerprint density at radius 1 is 0.929 bits per heavy atom. The minimum atomic E-state index is -3.80. The molecular weight excluding hydrogens is 554 g/mol. The molecule has 1 aliphatic rings. The second-order valence-corrected chi connectivity index (χ2v) is 11.5. The Bertz CT molecular complexity index is 1660. The number of nitrogens with zero attached hydrogens (tertiary/aromatic N) is 1. The fourth-order valence-electron chi connectivity index (χ4n) is 4.56. The highest BCUT2D eigenvalue weighted by Crippen LogP contribution is 2.33. The number of benzene rings is 4. The molecule has 0 saturated heterocycles. The molecule has 0 saturated carbocycles. The average molecular weight is 586 g/mol. The number of carbonyl (C=O) groups excluding carboxylic acids is 2. The van der Waals surface area contributed by atoms with Gasteiger partial charge in [-0.25, -0.2) is 8.42 Å². The smallest absolute Gasteiger partial charge is 0.265 e. The standard InChI is InChI=1S/C32H31N3O6S/c1-23-8-7-11-25(20-23)34-42(38,39)27-16-14-26(15-17-27)40-22-31(36)35-21-30(41-29-13-6-5-12-28(29)35)32(37)33-19-18-24-9-3-2-4-10-24/h2-17,20,30,34H,18-19,21-22H2,1H3,(H,33,37)/t30-/m0/s1. The third-order valence-electron chi connectivity index (χ3n) is 6.69. The molecule has 5 rings (SSSR count). The number of hydrogen-bond acceptors (Lipinski definition) is 6. The molecule has 0 aromatic heterocycles. The molecule has 0 bridgehead atoms. The molecule has 1 atom stereocenters. The van der Waals surface area contributed by atoms with Gasteiger partial charge in [0.15, 0.2) is 12.7 Å². The van der Waals surface area contributed by atoms with E-state index in [0.29, 0.717) is 35.8 Å². The predicted octanol–water partition coefficient (Wildman–Crippen LogP) is 4.33. The van der Waals surface area contributed by atoms with Crippen LogP contribution in [0.4, 0.5) is 11.4 Å². The van der Waals surface area contributed by atoms with Gasteiger partial charge in [-0.05, 0) is 73.0 Å². The zero-order chi connectivity index (χ0) is 29.5. The Balaban J connectivity index is 1.20. The molecule has 4 aromatic carbocycles. The third kappa shape index (κ3) is 7.08. The topological polar surface area (TPSA) is 114 Å². The Kier molecular flexibility index (Phi) is 8.73. The summed E-state index contributed by atoms with van der Waals surface area (Å²) in [7, 11) is -3.80. The van der Waals surface area contributed by atoms with E-state index in [1.807, 2.05) is 43.3 Å². The molecule has 216 valence electrons. The van der Waals surface area contributed by atoms with E-state index in [9.17, 15) is 18.0 Å². The normalized spacial score (nSPS) is 14.3. The van der Waals surface area contributed by atoms with Gasteiger partial charge in [0.25, 0.3) is 21.8 Å². The summed E-state index contributed by atoms with van der Waals surface area (Å²) in [5, 5.41) is 2.90. The first-order valence-electron chi connectivity index (χ1n) is 13.5. The number of nitrogens with one attached hydrogen (secondary N) is 2. The molecule has 10 heteroatoms. The summed E-state index contributed by atoms with van der Waals surface area (Å²) in [5.41, 5.74) is 3.05. The third-order valence-corrected chi connectivity index (χ3v) is 8.09. The number of sulfonamides is 1. The second kappa shape index (κ2) is 12.8. The first-order chi connectivity index (χ1) is 20.3. The van der Waals surface area contributed by atoms with Crippen LogP contribution in [0.15, 0.2) is 108 Å². The van der Waals surface area contributed by atoms with Gasteiger partial charge in [0.1, 0.15) is 11.5 Å². The summed E-state index contributed by atoms with van der Waals surface area (Å²) in [6, 6.07) is 29.7. The van der Waals surface area contributed by atoms with Crippen LogP contribution in [0.5, 0.6) is 11.5 Å². The Hall–Kier alpha value is -4.83. The van der Waals surface area contributed by atoms with Crippen molar-refractivity contribution < 1.29 is 27.5 Å². The van der Waals surface area contributed by atoms with Crippen molar-refractivity contribution in [2.45, 2.75) is 24.3 Å². The maximum Gasteiger partial charge on any atom is 0.265 e. The van der Waals surface area contributed by atoms with Crippen LogP contribution in [0.3, 0.4) is 0 Å². The zero-order valence-electron chi connectivity index (χ0n) is 23.0. The molecule has 0 aliphatic carbocycles. The van der Waals surface area contributed by atoms with Gasteiger partial charge in [-0.15, -0.1) is 0 Å². The first kappa shape index (κ1) is 28.7. The van der Waals surface area contributed by atoms with E-state index in [1.54, 1.807) is 42.5 Å². The van der Waals surface area contributed by atoms with Crippen molar-refractivity contribution in [2.24, 2.45) is 0 Å². The van der Waals surface area contributed by atoms with Crippen LogP contribution in [-0.2, 0) is 26.0 Å². The van der Waals surface area contributed by atoms with E-state index in [1.165, 1.54) is 29.2 Å². The lowest BCUT2D eigenvalue weighted by Crippen LogP contribution is -2.52. The van der Waals surface area contributed by atoms with E-state index >= 15 is 0 Å². The van der Waals surface area contributed by atoms with Gasteiger partial charge >= 0.3 is 0 Å². The van der Waals surface area contributed by atoms with Crippen LogP contribution in [0.1, 0.15) is 11.1 Å². The number of ether oxygens (including phenoxy) is 2. The fraction of sp³-hybridized carbons (Fsp3) is 0.188. The van der Waals surface area contributed by atoms with Crippen molar-refractivity contribution in [2.75, 3.05) is 29.3 Å². The Morgan fingerprint density at radius 3 is 2.43 bits per heavy atom. The van der Waals surface area contributed by atoms with Gasteiger partial charge < -0.3 is 19.7 Å². The first-order valence-corrected chi connectivity index (χ1v) is 15.0. The van der Waals surface area contributed by atoms with E-state index < -0.39 is 16.1 Å². The van der Waals surface area contributed by atoms with E-state index in [-0.39, 0.29) is 29.9 Å². The van der Waals surface area contributed by atoms with Gasteiger partial charge in [0, 0.05) is 12.2 Å². The predicted molar refractivity (Wildman–Crippen MR) is 160 cm³/mol. The quantitative estimate of drug-likeness (QED) is 0.287. The summed E-state index contributed by atoms with van der Waals surface area (Å²) in [6.07, 6.45) is -0.209. The molecule has 0 radical (unpaired) electrons. The lowest BCUT2D eigenvalue weighted by Gasteiger charge is -2.34. The maximum absolute atomic E-state index is 13.3. The highest BCUT2D eigenvalue weighted by atomic mass is 32.2. The van der Waals surface area contributed by atoms with E-state index in [0.717, 1.165) is 11.1 Å². The lowest BCUT2D eigenvalue weighted by atomic mass is 10.1. The summed E-state index contributed by atoms with van der Waals surface area (Å²) in [4.78, 5) is 27.7. The van der Waals surface area contributed by atoms with Crippen LogP contribution < -0.4 is 24.4 Å². The Morgan fingerprint density at radius 2 is 1.67 bits per heavy atom. The van der Waals surface area contributed by atoms with Gasteiger partial charge in [-0.3, -0.25) is 14.3 Å². The molecule has 9 nitrogen and oxygen atoms in total. The molecular formula is C32H31N3O6S. The fourth-order valence-corrected chi connectivity index (χ4v) is 5.61. The maximum atomic E-state index is 13.3. The van der Waals surface area contributed by atoms with Crippen molar-refractivity contribution in [1.29, 1.82) is 0 Å². The minimum absolute atomic E-state index is 0.0260. The lowest BCUT2D eigenvalue weighted by molar-refractivity contribution is -0.128. The molecule has 4 aromatic rings. The zero-order valence-corrected chi connectivity index (χ0v) is 23.8. The van der Waals surface area contributed by atoms with Crippen LogP contribution in [0.25, 0.3) is 0 Å². The molecule has 0 fully saturated rings. The monoisotopic (exact) mass is 585 g/mol. The van der Waals surface area contributed by atoms with Gasteiger partial charge in [0.05, 0.1) is 17.1 Å². The molecule has 1 aliphatic heterocycles. The number of fused-ring (bicyclic) bond motifs is 1. The second-order valence-electron chi connectivity index (χ2n) is 9.84. The van der Waals surface area contributed by atoms with Crippen LogP contribution in [0, 0.1) is 6.92 Å². The number of para-hydroxylation sites is 2. The summed E-state index contributed by atoms with van der Waals surface area (Å²) in [5.74, 6) is 0.0754. The van der Waals surface area contributed by atoms with Crippen molar-refractivity contribution in [3.05, 3.63) is 114 Å². The van der Waals surface area contributed by atoms with E-state index in [2.05, 4.69) is 10.0 Å². The van der Waals surface area contributed by atoms with Gasteiger partial charge in [-0.1, -0.05) is 54.6 Å².